The molecule has 0 aliphatic rings. The number of carbonyl (C=O) groups is 1. The highest BCUT2D eigenvalue weighted by atomic mass is 16.5. The molecule has 0 amide bonds. The maximum absolute atomic E-state index is 8.81. The lowest BCUT2D eigenvalue weighted by molar-refractivity contribution is -0.106. The number of nitrogens with zero attached hydrogens (tertiary/aromatic N) is 1. The average Bonchev–Trinajstić information content (AvgIpc) is 2.32. The lowest BCUT2D eigenvalue weighted by atomic mass is 10.7. The molecule has 0 radical (unpaired) electrons. The Morgan fingerprint density at radius 2 is 1.44 bits per heavy atom. The molecule has 0 saturated heterocycles. The number of ether oxygens (including phenoxy) is 1. The van der Waals surface area contributed by atoms with E-state index in [1.54, 1.807) is 20.4 Å². The van der Waals surface area contributed by atoms with E-state index in [1.165, 1.54) is 6.92 Å². The highest BCUT2D eigenvalue weighted by Gasteiger charge is 1.62. The van der Waals surface area contributed by atoms with Gasteiger partial charge in [0.25, 0.3) is 0 Å². The van der Waals surface area contributed by atoms with Gasteiger partial charge in [0.05, 0.1) is 0 Å². The third-order valence-corrected chi connectivity index (χ3v) is 1.05. The summed E-state index contributed by atoms with van der Waals surface area (Å²) < 4.78 is 4.54. The van der Waals surface area contributed by atoms with Crippen LogP contribution in [-0.4, -0.2) is 46.4 Å². The van der Waals surface area contributed by atoms with E-state index in [4.69, 9.17) is 4.79 Å². The maximum Gasteiger partial charge on any atom is 0.116 e. The molecule has 0 bridgehead atoms. The molecule has 1 N–H and O–H groups in total. The fourth-order valence-corrected chi connectivity index (χ4v) is 0.250. The Bertz CT molecular complexity index is 99.2. The van der Waals surface area contributed by atoms with Gasteiger partial charge in [-0.3, -0.25) is 0 Å². The van der Waals surface area contributed by atoms with Crippen molar-refractivity contribution < 1.29 is 9.53 Å². The summed E-state index contributed by atoms with van der Waals surface area (Å²) in [7, 11) is 3.43. The predicted octanol–water partition coefficient (Wildman–Crippen LogP) is 2.18. The van der Waals surface area contributed by atoms with Crippen LogP contribution in [-0.2, 0) is 9.53 Å². The first-order chi connectivity index (χ1) is 7.66. The van der Waals surface area contributed by atoms with Gasteiger partial charge in [0, 0.05) is 20.8 Å². The molecule has 0 spiro atoms. The quantitative estimate of drug-likeness (QED) is 0.601. The van der Waals surface area contributed by atoms with Gasteiger partial charge in [-0.05, 0) is 40.1 Å². The average molecular weight is 234 g/mol. The first kappa shape index (κ1) is 24.5. The molecule has 0 saturated carbocycles. The van der Waals surface area contributed by atoms with Crippen LogP contribution < -0.4 is 5.32 Å². The molecule has 0 heterocycles. The van der Waals surface area contributed by atoms with E-state index in [-0.39, 0.29) is 0 Å². The molecule has 0 rings (SSSR count). The van der Waals surface area contributed by atoms with E-state index in [0.29, 0.717) is 0 Å². The number of methoxy groups -OCH3 is 1. The van der Waals surface area contributed by atoms with Gasteiger partial charge in [0.15, 0.2) is 0 Å². The topological polar surface area (TPSA) is 50.7 Å². The molecule has 0 aliphatic heterocycles. The number of aldehydes is 1. The molecule has 100 valence electrons. The molecule has 0 aromatic rings. The molecule has 4 nitrogen and oxygen atoms in total. The summed E-state index contributed by atoms with van der Waals surface area (Å²) in [6.07, 6.45) is 2.50. The first-order valence-electron chi connectivity index (χ1n) is 5.62. The molecule has 0 aromatic heterocycles. The van der Waals surface area contributed by atoms with Crippen molar-refractivity contribution in [3.63, 3.8) is 0 Å². The van der Waals surface area contributed by atoms with Crippen LogP contribution in [0.1, 0.15) is 34.6 Å². The standard InChI is InChI=1S/C4H11N.C3H7N.C3H8O.C2H4O/c1-3-5-4-2;2*1-3-4-2;1-2-3/h5H,3-4H2,1-2H3;3H,1-2H3;3H2,1-2H3;2H,1H3. The highest BCUT2D eigenvalue weighted by molar-refractivity contribution is 5.52. The van der Waals surface area contributed by atoms with Crippen molar-refractivity contribution in [3.05, 3.63) is 0 Å². The fourth-order valence-electron chi connectivity index (χ4n) is 0.250. The lowest BCUT2D eigenvalue weighted by Gasteiger charge is -1.86. The van der Waals surface area contributed by atoms with Crippen LogP contribution in [0.2, 0.25) is 0 Å². The summed E-state index contributed by atoms with van der Waals surface area (Å²) in [4.78, 5) is 12.4. The second-order valence-corrected chi connectivity index (χ2v) is 2.29. The second-order valence-electron chi connectivity index (χ2n) is 2.29. The van der Waals surface area contributed by atoms with Gasteiger partial charge < -0.3 is 19.8 Å². The van der Waals surface area contributed by atoms with Crippen molar-refractivity contribution in [3.8, 4) is 0 Å². The van der Waals surface area contributed by atoms with Crippen LogP contribution in [0.5, 0.6) is 0 Å². The van der Waals surface area contributed by atoms with E-state index in [0.717, 1.165) is 26.0 Å². The second kappa shape index (κ2) is 47.6. The minimum absolute atomic E-state index is 0.750. The van der Waals surface area contributed by atoms with Crippen molar-refractivity contribution in [1.82, 2.24) is 5.32 Å². The SMILES string of the molecule is CC=NC.CC=O.CCNCC.CCOC. The van der Waals surface area contributed by atoms with Crippen LogP contribution in [0.15, 0.2) is 4.99 Å². The Balaban J connectivity index is -0.0000000610. The molecular formula is C12H30N2O2. The Hall–Kier alpha value is -0.740. The van der Waals surface area contributed by atoms with Crippen LogP contribution in [0.4, 0.5) is 0 Å². The zero-order valence-electron chi connectivity index (χ0n) is 12.0. The van der Waals surface area contributed by atoms with Crippen molar-refractivity contribution in [1.29, 1.82) is 0 Å². The number of hydrogen-bond donors (Lipinski definition) is 1. The summed E-state index contributed by atoms with van der Waals surface area (Å²) in [5.74, 6) is 0. The molecular weight excluding hydrogens is 204 g/mol. The molecule has 0 fully saturated rings. The van der Waals surface area contributed by atoms with Gasteiger partial charge in [-0.2, -0.15) is 0 Å². The summed E-state index contributed by atoms with van der Waals surface area (Å²) in [6.45, 7) is 12.5. The van der Waals surface area contributed by atoms with Gasteiger partial charge in [0.2, 0.25) is 0 Å². The molecule has 4 heteroatoms. The summed E-state index contributed by atoms with van der Waals surface area (Å²) in [5.41, 5.74) is 0. The number of carbonyl (C=O) groups excluding carboxylic acids is 1. The van der Waals surface area contributed by atoms with E-state index in [2.05, 4.69) is 28.9 Å². The van der Waals surface area contributed by atoms with Crippen LogP contribution in [0.25, 0.3) is 0 Å². The van der Waals surface area contributed by atoms with Gasteiger partial charge in [-0.15, -0.1) is 0 Å². The third kappa shape index (κ3) is 188. The molecule has 0 unspecified atom stereocenters. The van der Waals surface area contributed by atoms with Crippen molar-refractivity contribution in [2.75, 3.05) is 33.9 Å². The van der Waals surface area contributed by atoms with Crippen LogP contribution >= 0.6 is 0 Å². The molecule has 16 heavy (non-hydrogen) atoms. The fraction of sp³-hybridized carbons (Fsp3) is 0.833. The minimum atomic E-state index is 0.750. The van der Waals surface area contributed by atoms with Crippen LogP contribution in [0.3, 0.4) is 0 Å². The van der Waals surface area contributed by atoms with Gasteiger partial charge in [-0.1, -0.05) is 13.8 Å². The predicted molar refractivity (Wildman–Crippen MR) is 73.6 cm³/mol. The smallest absolute Gasteiger partial charge is 0.116 e. The maximum atomic E-state index is 8.81. The number of aliphatic imine (C=N–C) groups is 1. The molecule has 0 aromatic carbocycles. The molecule has 0 aliphatic carbocycles. The number of nitrogens with one attached hydrogen (secondary N) is 1. The summed E-state index contributed by atoms with van der Waals surface area (Å²) in [5, 5.41) is 3.11. The zero-order chi connectivity index (χ0) is 13.7. The van der Waals surface area contributed by atoms with Gasteiger partial charge in [0.1, 0.15) is 6.29 Å². The van der Waals surface area contributed by atoms with Gasteiger partial charge >= 0.3 is 0 Å². The van der Waals surface area contributed by atoms with E-state index < -0.39 is 0 Å². The van der Waals surface area contributed by atoms with E-state index in [9.17, 15) is 0 Å². The molecule has 0 atom stereocenters. The summed E-state index contributed by atoms with van der Waals surface area (Å²) in [6, 6.07) is 0. The van der Waals surface area contributed by atoms with E-state index in [1.807, 2.05) is 13.8 Å². The number of hydrogen-bond acceptors (Lipinski definition) is 4. The van der Waals surface area contributed by atoms with Crippen molar-refractivity contribution in [2.24, 2.45) is 4.99 Å². The number of rotatable bonds is 3. The Morgan fingerprint density at radius 3 is 1.44 bits per heavy atom. The Morgan fingerprint density at radius 1 is 1.19 bits per heavy atom. The highest BCUT2D eigenvalue weighted by Crippen LogP contribution is 1.52. The Kier molecular flexibility index (Phi) is 72.8. The largest absolute Gasteiger partial charge is 0.385 e. The monoisotopic (exact) mass is 234 g/mol. The third-order valence-electron chi connectivity index (χ3n) is 1.05. The van der Waals surface area contributed by atoms with Crippen molar-refractivity contribution >= 4 is 12.5 Å². The minimum Gasteiger partial charge on any atom is -0.385 e. The van der Waals surface area contributed by atoms with Gasteiger partial charge in [-0.25, -0.2) is 0 Å². The zero-order valence-corrected chi connectivity index (χ0v) is 12.0. The van der Waals surface area contributed by atoms with Crippen LogP contribution in [0, 0.1) is 0 Å². The Labute approximate surface area is 101 Å². The van der Waals surface area contributed by atoms with E-state index >= 15 is 0 Å². The first-order valence-corrected chi connectivity index (χ1v) is 5.62. The normalized spacial score (nSPS) is 7.69. The summed E-state index contributed by atoms with van der Waals surface area (Å²) >= 11 is 0. The lowest BCUT2D eigenvalue weighted by Crippen LogP contribution is -2.09. The van der Waals surface area contributed by atoms with Crippen molar-refractivity contribution in [2.45, 2.75) is 34.6 Å².